The molecule has 138 valence electrons. The number of aryl methyl sites for hydroxylation is 2. The summed E-state index contributed by atoms with van der Waals surface area (Å²) < 4.78 is 7.63. The van der Waals surface area contributed by atoms with E-state index >= 15 is 0 Å². The molecule has 3 aromatic rings. The fourth-order valence-electron chi connectivity index (χ4n) is 3.33. The molecule has 0 amide bonds. The first-order chi connectivity index (χ1) is 12.7. The van der Waals surface area contributed by atoms with Crippen molar-refractivity contribution in [2.45, 2.75) is 56.9 Å². The van der Waals surface area contributed by atoms with Gasteiger partial charge in [0.25, 0.3) is 0 Å². The molecule has 1 unspecified atom stereocenters. The van der Waals surface area contributed by atoms with Crippen LogP contribution < -0.4 is 0 Å². The van der Waals surface area contributed by atoms with Gasteiger partial charge in [0.2, 0.25) is 11.8 Å². The van der Waals surface area contributed by atoms with Crippen LogP contribution in [0.2, 0.25) is 0 Å². The molecule has 4 rings (SSSR count). The summed E-state index contributed by atoms with van der Waals surface area (Å²) in [7, 11) is 2.02. The Bertz CT molecular complexity index is 897. The van der Waals surface area contributed by atoms with Crippen molar-refractivity contribution in [1.82, 2.24) is 25.0 Å². The number of nitrogens with zero attached hydrogens (tertiary/aromatic N) is 5. The van der Waals surface area contributed by atoms with Gasteiger partial charge >= 0.3 is 0 Å². The lowest BCUT2D eigenvalue weighted by Crippen LogP contribution is -2.10. The average molecular weight is 390 g/mol. The lowest BCUT2D eigenvalue weighted by Gasteiger charge is -2.19. The molecule has 6 nitrogen and oxygen atoms in total. The van der Waals surface area contributed by atoms with Crippen LogP contribution in [0.4, 0.5) is 0 Å². The van der Waals surface area contributed by atoms with Gasteiger partial charge in [-0.15, -0.1) is 31.7 Å². The van der Waals surface area contributed by atoms with E-state index in [0.29, 0.717) is 17.5 Å². The maximum atomic E-state index is 5.56. The summed E-state index contributed by atoms with van der Waals surface area (Å²) in [5, 5.41) is 17.7. The van der Waals surface area contributed by atoms with Gasteiger partial charge < -0.3 is 8.98 Å². The van der Waals surface area contributed by atoms with E-state index in [4.69, 9.17) is 4.42 Å². The first-order valence-corrected chi connectivity index (χ1v) is 10.9. The largest absolute Gasteiger partial charge is 0.424 e. The first kappa shape index (κ1) is 17.7. The summed E-state index contributed by atoms with van der Waals surface area (Å²) in [6.07, 6.45) is 5.75. The lowest BCUT2D eigenvalue weighted by molar-refractivity contribution is 0.449. The predicted molar refractivity (Wildman–Crippen MR) is 103 cm³/mol. The molecule has 0 saturated heterocycles. The zero-order valence-corrected chi connectivity index (χ0v) is 17.0. The van der Waals surface area contributed by atoms with Crippen LogP contribution in [0.3, 0.4) is 0 Å². The van der Waals surface area contributed by atoms with E-state index in [2.05, 4.69) is 38.0 Å². The summed E-state index contributed by atoms with van der Waals surface area (Å²) in [5.41, 5.74) is 1.51. The van der Waals surface area contributed by atoms with Crippen molar-refractivity contribution in [2.24, 2.45) is 13.0 Å². The molecular formula is C18H23N5OS2. The molecule has 0 spiro atoms. The third-order valence-electron chi connectivity index (χ3n) is 4.95. The fourth-order valence-corrected chi connectivity index (χ4v) is 5.31. The summed E-state index contributed by atoms with van der Waals surface area (Å²) >= 11 is 3.45. The standard InChI is InChI=1S/C18H23N5OS2/c1-4-11-6-7-13-12(8-11)9-14(26-13)17-21-22-18(23(17)3)25-10-16-20-19-15(5-2)24-16/h9,11H,4-8,10H2,1-3H3. The van der Waals surface area contributed by atoms with Gasteiger partial charge in [-0.25, -0.2) is 0 Å². The van der Waals surface area contributed by atoms with Crippen molar-refractivity contribution in [3.63, 3.8) is 0 Å². The van der Waals surface area contributed by atoms with E-state index in [1.807, 2.05) is 25.3 Å². The summed E-state index contributed by atoms with van der Waals surface area (Å²) in [6.45, 7) is 4.30. The molecule has 0 radical (unpaired) electrons. The van der Waals surface area contributed by atoms with Gasteiger partial charge in [-0.05, 0) is 36.8 Å². The normalized spacial score (nSPS) is 16.8. The molecule has 0 aliphatic heterocycles. The van der Waals surface area contributed by atoms with E-state index in [1.165, 1.54) is 41.0 Å². The third kappa shape index (κ3) is 3.44. The second-order valence-electron chi connectivity index (χ2n) is 6.67. The lowest BCUT2D eigenvalue weighted by atomic mass is 9.87. The maximum Gasteiger partial charge on any atom is 0.226 e. The van der Waals surface area contributed by atoms with Crippen molar-refractivity contribution in [3.8, 4) is 10.7 Å². The Labute approximate surface area is 161 Å². The number of thiophene rings is 1. The molecule has 0 aromatic carbocycles. The number of hydrogen-bond acceptors (Lipinski definition) is 7. The molecule has 26 heavy (non-hydrogen) atoms. The molecule has 1 atom stereocenters. The minimum atomic E-state index is 0.609. The Morgan fingerprint density at radius 2 is 2.08 bits per heavy atom. The van der Waals surface area contributed by atoms with E-state index < -0.39 is 0 Å². The van der Waals surface area contributed by atoms with Crippen LogP contribution in [-0.4, -0.2) is 25.0 Å². The molecule has 0 bridgehead atoms. The molecule has 3 aromatic heterocycles. The predicted octanol–water partition coefficient (Wildman–Crippen LogP) is 4.30. The zero-order valence-electron chi connectivity index (χ0n) is 15.4. The monoisotopic (exact) mass is 389 g/mol. The van der Waals surface area contributed by atoms with Gasteiger partial charge in [0, 0.05) is 18.3 Å². The summed E-state index contributed by atoms with van der Waals surface area (Å²) in [4.78, 5) is 2.75. The van der Waals surface area contributed by atoms with Gasteiger partial charge in [-0.2, -0.15) is 0 Å². The van der Waals surface area contributed by atoms with Crippen molar-refractivity contribution in [2.75, 3.05) is 0 Å². The minimum Gasteiger partial charge on any atom is -0.424 e. The topological polar surface area (TPSA) is 69.6 Å². The summed E-state index contributed by atoms with van der Waals surface area (Å²) in [6, 6.07) is 2.33. The maximum absolute atomic E-state index is 5.56. The van der Waals surface area contributed by atoms with Crippen LogP contribution in [0.25, 0.3) is 10.7 Å². The van der Waals surface area contributed by atoms with Crippen molar-refractivity contribution in [1.29, 1.82) is 0 Å². The second kappa shape index (κ2) is 7.52. The zero-order chi connectivity index (χ0) is 18.1. The quantitative estimate of drug-likeness (QED) is 0.586. The molecule has 3 heterocycles. The number of rotatable bonds is 6. The molecule has 1 aliphatic rings. The number of thioether (sulfide) groups is 1. The highest BCUT2D eigenvalue weighted by Crippen LogP contribution is 2.38. The Kier molecular flexibility index (Phi) is 5.13. The van der Waals surface area contributed by atoms with Crippen LogP contribution in [0.5, 0.6) is 0 Å². The second-order valence-corrected chi connectivity index (χ2v) is 8.75. The molecule has 0 saturated carbocycles. The van der Waals surface area contributed by atoms with Crippen molar-refractivity contribution >= 4 is 23.1 Å². The van der Waals surface area contributed by atoms with Crippen LogP contribution in [0.15, 0.2) is 15.6 Å². The smallest absolute Gasteiger partial charge is 0.226 e. The minimum absolute atomic E-state index is 0.609. The highest BCUT2D eigenvalue weighted by Gasteiger charge is 2.22. The Balaban J connectivity index is 1.49. The SMILES string of the molecule is CCc1nnc(CSc2nnc(-c3cc4c(s3)CCC(CC)C4)n2C)o1. The van der Waals surface area contributed by atoms with Crippen molar-refractivity contribution in [3.05, 3.63) is 28.3 Å². The number of aromatic nitrogens is 5. The third-order valence-corrected chi connectivity index (χ3v) is 7.19. The first-order valence-electron chi connectivity index (χ1n) is 9.13. The van der Waals surface area contributed by atoms with E-state index in [0.717, 1.165) is 23.3 Å². The van der Waals surface area contributed by atoms with Gasteiger partial charge in [0.1, 0.15) is 0 Å². The van der Waals surface area contributed by atoms with Crippen LogP contribution in [0.1, 0.15) is 48.9 Å². The average Bonchev–Trinajstić information content (AvgIpc) is 3.37. The van der Waals surface area contributed by atoms with E-state index in [1.54, 1.807) is 11.8 Å². The van der Waals surface area contributed by atoms with Crippen LogP contribution in [0, 0.1) is 5.92 Å². The Morgan fingerprint density at radius 3 is 2.85 bits per heavy atom. The van der Waals surface area contributed by atoms with Gasteiger partial charge in [0.15, 0.2) is 11.0 Å². The number of fused-ring (bicyclic) bond motifs is 1. The molecule has 8 heteroatoms. The molecule has 1 aliphatic carbocycles. The Hall–Kier alpha value is -1.67. The van der Waals surface area contributed by atoms with Gasteiger partial charge in [-0.3, -0.25) is 0 Å². The fraction of sp³-hybridized carbons (Fsp3) is 0.556. The number of hydrogen-bond donors (Lipinski definition) is 0. The van der Waals surface area contributed by atoms with Crippen molar-refractivity contribution < 1.29 is 4.42 Å². The van der Waals surface area contributed by atoms with Gasteiger partial charge in [-0.1, -0.05) is 32.0 Å². The van der Waals surface area contributed by atoms with E-state index in [9.17, 15) is 0 Å². The van der Waals surface area contributed by atoms with Gasteiger partial charge in [0.05, 0.1) is 10.6 Å². The molecular weight excluding hydrogens is 366 g/mol. The Morgan fingerprint density at radius 1 is 1.23 bits per heavy atom. The highest BCUT2D eigenvalue weighted by atomic mass is 32.2. The molecule has 0 fully saturated rings. The van der Waals surface area contributed by atoms with Crippen LogP contribution >= 0.6 is 23.1 Å². The summed E-state index contributed by atoms with van der Waals surface area (Å²) in [5.74, 6) is 3.69. The highest BCUT2D eigenvalue weighted by molar-refractivity contribution is 7.98. The molecule has 0 N–H and O–H groups in total. The van der Waals surface area contributed by atoms with E-state index in [-0.39, 0.29) is 0 Å². The van der Waals surface area contributed by atoms with Crippen LogP contribution in [-0.2, 0) is 32.1 Å².